The molecule has 2 aromatic carbocycles. The second kappa shape index (κ2) is 8.03. The number of thioether (sulfide) groups is 1. The predicted molar refractivity (Wildman–Crippen MR) is 93.4 cm³/mol. The number of aromatic nitrogens is 4. The quantitative estimate of drug-likeness (QED) is 0.473. The highest BCUT2D eigenvalue weighted by molar-refractivity contribution is 7.99. The van der Waals surface area contributed by atoms with E-state index < -0.39 is 0 Å². The molecule has 24 heavy (non-hydrogen) atoms. The maximum atomic E-state index is 5.85. The normalized spacial score (nSPS) is 10.6. The van der Waals surface area contributed by atoms with Crippen LogP contribution in [0, 0.1) is 0 Å². The van der Waals surface area contributed by atoms with Crippen LogP contribution in [0.25, 0.3) is 5.69 Å². The molecule has 6 nitrogen and oxygen atoms in total. The lowest BCUT2D eigenvalue weighted by Gasteiger charge is -2.09. The SMILES string of the molecule is COc1ccccc1-n1nnnc1SCCOc1ccc(Cl)cc1. The summed E-state index contributed by atoms with van der Waals surface area (Å²) in [6.07, 6.45) is 0. The van der Waals surface area contributed by atoms with Crippen molar-refractivity contribution in [3.8, 4) is 17.2 Å². The molecule has 0 spiro atoms. The van der Waals surface area contributed by atoms with Crippen molar-refractivity contribution in [1.82, 2.24) is 20.2 Å². The zero-order chi connectivity index (χ0) is 16.8. The van der Waals surface area contributed by atoms with Crippen LogP contribution >= 0.6 is 23.4 Å². The Bertz CT molecular complexity index is 795. The van der Waals surface area contributed by atoms with Gasteiger partial charge < -0.3 is 9.47 Å². The van der Waals surface area contributed by atoms with Gasteiger partial charge in [0, 0.05) is 10.8 Å². The monoisotopic (exact) mass is 362 g/mol. The van der Waals surface area contributed by atoms with E-state index in [0.717, 1.165) is 11.4 Å². The molecule has 8 heteroatoms. The highest BCUT2D eigenvalue weighted by atomic mass is 35.5. The molecule has 0 aliphatic carbocycles. The Balaban J connectivity index is 1.61. The summed E-state index contributed by atoms with van der Waals surface area (Å²) >= 11 is 7.36. The third-order valence-electron chi connectivity index (χ3n) is 3.15. The Morgan fingerprint density at radius 2 is 1.92 bits per heavy atom. The molecule has 1 heterocycles. The van der Waals surface area contributed by atoms with Crippen molar-refractivity contribution in [3.63, 3.8) is 0 Å². The minimum atomic E-state index is 0.533. The third kappa shape index (κ3) is 3.98. The minimum absolute atomic E-state index is 0.533. The molecule has 0 N–H and O–H groups in total. The highest BCUT2D eigenvalue weighted by Gasteiger charge is 2.12. The van der Waals surface area contributed by atoms with E-state index in [9.17, 15) is 0 Å². The van der Waals surface area contributed by atoms with Gasteiger partial charge in [-0.3, -0.25) is 0 Å². The number of halogens is 1. The second-order valence-corrected chi connectivity index (χ2v) is 6.19. The van der Waals surface area contributed by atoms with E-state index in [1.54, 1.807) is 23.9 Å². The molecule has 0 radical (unpaired) electrons. The topological polar surface area (TPSA) is 62.1 Å². The summed E-state index contributed by atoms with van der Waals surface area (Å²) in [7, 11) is 1.62. The van der Waals surface area contributed by atoms with E-state index in [0.29, 0.717) is 28.3 Å². The first-order valence-corrected chi connectivity index (χ1v) is 8.57. The number of ether oxygens (including phenoxy) is 2. The number of para-hydroxylation sites is 2. The number of rotatable bonds is 7. The molecule has 0 bridgehead atoms. The van der Waals surface area contributed by atoms with E-state index in [-0.39, 0.29) is 0 Å². The van der Waals surface area contributed by atoms with Crippen LogP contribution in [0.15, 0.2) is 53.7 Å². The van der Waals surface area contributed by atoms with Crippen molar-refractivity contribution in [2.75, 3.05) is 19.5 Å². The highest BCUT2D eigenvalue weighted by Crippen LogP contribution is 2.25. The predicted octanol–water partition coefficient (Wildman–Crippen LogP) is 3.50. The number of methoxy groups -OCH3 is 1. The molecule has 0 fully saturated rings. The lowest BCUT2D eigenvalue weighted by Crippen LogP contribution is -2.04. The Hall–Kier alpha value is -2.25. The summed E-state index contributed by atoms with van der Waals surface area (Å²) in [5, 5.41) is 13.2. The van der Waals surface area contributed by atoms with E-state index in [2.05, 4.69) is 15.5 Å². The summed E-state index contributed by atoms with van der Waals surface area (Å²) < 4.78 is 12.7. The van der Waals surface area contributed by atoms with Gasteiger partial charge in [-0.15, -0.1) is 5.10 Å². The second-order valence-electron chi connectivity index (χ2n) is 4.70. The van der Waals surface area contributed by atoms with Crippen molar-refractivity contribution in [2.24, 2.45) is 0 Å². The fraction of sp³-hybridized carbons (Fsp3) is 0.188. The number of nitrogens with zero attached hydrogens (tertiary/aromatic N) is 4. The third-order valence-corrected chi connectivity index (χ3v) is 4.29. The van der Waals surface area contributed by atoms with Gasteiger partial charge in [-0.2, -0.15) is 4.68 Å². The van der Waals surface area contributed by atoms with E-state index in [1.807, 2.05) is 36.4 Å². The van der Waals surface area contributed by atoms with Gasteiger partial charge in [0.15, 0.2) is 0 Å². The first-order valence-electron chi connectivity index (χ1n) is 7.21. The number of hydrogen-bond donors (Lipinski definition) is 0. The summed E-state index contributed by atoms with van der Waals surface area (Å²) in [6, 6.07) is 14.9. The van der Waals surface area contributed by atoms with E-state index in [4.69, 9.17) is 21.1 Å². The van der Waals surface area contributed by atoms with Gasteiger partial charge in [-0.25, -0.2) is 0 Å². The van der Waals surface area contributed by atoms with Crippen LogP contribution in [-0.4, -0.2) is 39.7 Å². The smallest absolute Gasteiger partial charge is 0.214 e. The van der Waals surface area contributed by atoms with Crippen LogP contribution in [-0.2, 0) is 0 Å². The standard InChI is InChI=1S/C16H15ClN4O2S/c1-22-15-5-3-2-4-14(15)21-16(18-19-20-21)24-11-10-23-13-8-6-12(17)7-9-13/h2-9H,10-11H2,1H3. The van der Waals surface area contributed by atoms with Crippen molar-refractivity contribution in [1.29, 1.82) is 0 Å². The van der Waals surface area contributed by atoms with Crippen LogP contribution in [0.3, 0.4) is 0 Å². The van der Waals surface area contributed by atoms with Crippen LogP contribution in [0.5, 0.6) is 11.5 Å². The molecule has 3 rings (SSSR count). The van der Waals surface area contributed by atoms with Gasteiger partial charge >= 0.3 is 0 Å². The van der Waals surface area contributed by atoms with Crippen LogP contribution in [0.2, 0.25) is 5.02 Å². The van der Waals surface area contributed by atoms with Crippen molar-refractivity contribution in [2.45, 2.75) is 5.16 Å². The van der Waals surface area contributed by atoms with Crippen LogP contribution in [0.4, 0.5) is 0 Å². The molecular formula is C16H15ClN4O2S. The Morgan fingerprint density at radius 3 is 2.71 bits per heavy atom. The summed E-state index contributed by atoms with van der Waals surface area (Å²) in [6.45, 7) is 0.533. The molecule has 0 saturated carbocycles. The largest absolute Gasteiger partial charge is 0.494 e. The number of tetrazole rings is 1. The maximum Gasteiger partial charge on any atom is 0.214 e. The van der Waals surface area contributed by atoms with Gasteiger partial charge in [0.25, 0.3) is 0 Å². The summed E-state index contributed by atoms with van der Waals surface area (Å²) in [4.78, 5) is 0. The van der Waals surface area contributed by atoms with Crippen LogP contribution < -0.4 is 9.47 Å². The van der Waals surface area contributed by atoms with Crippen LogP contribution in [0.1, 0.15) is 0 Å². The van der Waals surface area contributed by atoms with E-state index in [1.165, 1.54) is 11.8 Å². The fourth-order valence-corrected chi connectivity index (χ4v) is 2.87. The lowest BCUT2D eigenvalue weighted by atomic mass is 10.3. The van der Waals surface area contributed by atoms with Gasteiger partial charge in [0.2, 0.25) is 5.16 Å². The van der Waals surface area contributed by atoms with Crippen molar-refractivity contribution < 1.29 is 9.47 Å². The molecule has 0 atom stereocenters. The molecule has 0 aliphatic heterocycles. The minimum Gasteiger partial charge on any atom is -0.494 e. The van der Waals surface area contributed by atoms with Gasteiger partial charge in [-0.05, 0) is 46.8 Å². The van der Waals surface area contributed by atoms with Gasteiger partial charge in [0.05, 0.1) is 13.7 Å². The summed E-state index contributed by atoms with van der Waals surface area (Å²) in [5.41, 5.74) is 0.797. The molecule has 0 unspecified atom stereocenters. The molecule has 0 saturated heterocycles. The zero-order valence-electron chi connectivity index (χ0n) is 12.9. The Labute approximate surface area is 148 Å². The average Bonchev–Trinajstić information content (AvgIpc) is 3.08. The van der Waals surface area contributed by atoms with Crippen molar-refractivity contribution >= 4 is 23.4 Å². The van der Waals surface area contributed by atoms with Gasteiger partial charge in [0.1, 0.15) is 17.2 Å². The Morgan fingerprint density at radius 1 is 1.12 bits per heavy atom. The van der Waals surface area contributed by atoms with Crippen molar-refractivity contribution in [3.05, 3.63) is 53.6 Å². The summed E-state index contributed by atoms with van der Waals surface area (Å²) in [5.74, 6) is 2.20. The first kappa shape index (κ1) is 16.6. The molecule has 1 aromatic heterocycles. The fourth-order valence-electron chi connectivity index (χ4n) is 2.05. The Kier molecular flexibility index (Phi) is 5.55. The lowest BCUT2D eigenvalue weighted by molar-refractivity contribution is 0.344. The maximum absolute atomic E-state index is 5.85. The molecule has 0 aliphatic rings. The van der Waals surface area contributed by atoms with Gasteiger partial charge in [-0.1, -0.05) is 35.5 Å². The van der Waals surface area contributed by atoms with E-state index >= 15 is 0 Å². The number of hydrogen-bond acceptors (Lipinski definition) is 6. The first-order chi connectivity index (χ1) is 11.8. The number of benzene rings is 2. The molecule has 124 valence electrons. The average molecular weight is 363 g/mol. The molecule has 3 aromatic rings. The molecule has 0 amide bonds. The zero-order valence-corrected chi connectivity index (χ0v) is 14.5. The molecular weight excluding hydrogens is 348 g/mol.